The Kier molecular flexibility index (Phi) is 8.62. The second-order valence-corrected chi connectivity index (χ2v) is 17.6. The fourth-order valence-corrected chi connectivity index (χ4v) is 14.7. The first-order valence-corrected chi connectivity index (χ1v) is 20.1. The van der Waals surface area contributed by atoms with Gasteiger partial charge in [0.1, 0.15) is 8.07 Å². The summed E-state index contributed by atoms with van der Waals surface area (Å²) in [6, 6.07) is 70.9. The van der Waals surface area contributed by atoms with Gasteiger partial charge in [-0.3, -0.25) is 0 Å². The van der Waals surface area contributed by atoms with E-state index in [1.807, 2.05) is 65.9 Å². The summed E-state index contributed by atoms with van der Waals surface area (Å²) in [6.45, 7) is 0. The predicted octanol–water partition coefficient (Wildman–Crippen LogP) is 9.47. The van der Waals surface area contributed by atoms with Crippen LogP contribution in [0.4, 0.5) is 17.1 Å². The third-order valence-corrected chi connectivity index (χ3v) is 16.2. The number of pyridine rings is 1. The molecule has 1 aliphatic heterocycles. The first-order valence-electron chi connectivity index (χ1n) is 17.3. The molecule has 256 valence electrons. The van der Waals surface area contributed by atoms with E-state index in [-0.39, 0.29) is 20.4 Å². The molecule has 0 saturated heterocycles. The van der Waals surface area contributed by atoms with Gasteiger partial charge in [0.05, 0.1) is 0 Å². The number of nitrogens with zero attached hydrogens (tertiary/aromatic N) is 2. The molecule has 0 amide bonds. The van der Waals surface area contributed by atoms with Crippen LogP contribution in [-0.2, 0) is 20.4 Å². The molecule has 0 N–H and O–H groups in total. The standard InChI is InChI=1S/C47H29N2OSSi.Pd/c1-3-19-37(20-4-1)52(38-21-5-2-6-22-38)45-27-10-8-25-42(45)49(43-29-28-40-39-23-7-9-26-44(39)51-46(40)47(43)52)34-16-14-18-36(32-34)50-35-17-13-15-33(31-35)41-24-11-12-30-48-41;/h1-24,26-30H;/q-3;. The van der Waals surface area contributed by atoms with E-state index in [0.717, 1.165) is 28.3 Å². The Morgan fingerprint density at radius 2 is 1.32 bits per heavy atom. The first-order chi connectivity index (χ1) is 25.8. The molecular weight excluding hydrogens is 775 g/mol. The molecule has 3 nitrogen and oxygen atoms in total. The number of anilines is 3. The van der Waals surface area contributed by atoms with Crippen LogP contribution >= 0.6 is 11.3 Å². The monoisotopic (exact) mass is 803 g/mol. The van der Waals surface area contributed by atoms with Crippen LogP contribution in [0.1, 0.15) is 0 Å². The van der Waals surface area contributed by atoms with Gasteiger partial charge in [0.25, 0.3) is 0 Å². The van der Waals surface area contributed by atoms with Gasteiger partial charge in [-0.2, -0.15) is 30.3 Å². The van der Waals surface area contributed by atoms with Crippen molar-refractivity contribution in [2.75, 3.05) is 4.90 Å². The van der Waals surface area contributed by atoms with Gasteiger partial charge in [0.15, 0.2) is 0 Å². The van der Waals surface area contributed by atoms with Gasteiger partial charge in [-0.15, -0.1) is 58.5 Å². The molecule has 0 bridgehead atoms. The van der Waals surface area contributed by atoms with E-state index in [9.17, 15) is 0 Å². The molecule has 0 aliphatic carbocycles. The third kappa shape index (κ3) is 5.46. The van der Waals surface area contributed by atoms with E-state index in [0.29, 0.717) is 11.5 Å². The molecule has 53 heavy (non-hydrogen) atoms. The van der Waals surface area contributed by atoms with Gasteiger partial charge in [0, 0.05) is 64.0 Å². The van der Waals surface area contributed by atoms with Crippen LogP contribution in [0.3, 0.4) is 0 Å². The average Bonchev–Trinajstić information content (AvgIpc) is 3.60. The van der Waals surface area contributed by atoms with E-state index in [2.05, 4.69) is 143 Å². The molecule has 1 aliphatic rings. The maximum absolute atomic E-state index is 6.47. The minimum absolute atomic E-state index is 0. The second kappa shape index (κ2) is 13.7. The number of aromatic nitrogens is 1. The average molecular weight is 804 g/mol. The topological polar surface area (TPSA) is 25.4 Å². The van der Waals surface area contributed by atoms with Crippen molar-refractivity contribution in [3.63, 3.8) is 0 Å². The van der Waals surface area contributed by atoms with Crippen LogP contribution in [0, 0.1) is 18.2 Å². The van der Waals surface area contributed by atoms with Crippen molar-refractivity contribution in [1.82, 2.24) is 4.98 Å². The summed E-state index contributed by atoms with van der Waals surface area (Å²) < 4.78 is 9.09. The normalized spacial score (nSPS) is 12.9. The molecule has 0 radical (unpaired) electrons. The van der Waals surface area contributed by atoms with E-state index < -0.39 is 8.07 Å². The molecule has 2 aromatic heterocycles. The molecule has 9 aromatic rings. The van der Waals surface area contributed by atoms with Crippen molar-refractivity contribution in [3.8, 4) is 22.8 Å². The van der Waals surface area contributed by atoms with Gasteiger partial charge in [-0.25, -0.2) is 0 Å². The molecule has 6 heteroatoms. The summed E-state index contributed by atoms with van der Waals surface area (Å²) in [5.74, 6) is 1.21. The van der Waals surface area contributed by atoms with Crippen LogP contribution in [0.2, 0.25) is 0 Å². The molecule has 0 atom stereocenters. The quantitative estimate of drug-likeness (QED) is 0.124. The predicted molar refractivity (Wildman–Crippen MR) is 217 cm³/mol. The Labute approximate surface area is 327 Å². The smallest absolute Gasteiger partial charge is 0.129 e. The van der Waals surface area contributed by atoms with Crippen LogP contribution in [-0.4, -0.2) is 13.1 Å². The molecule has 3 heterocycles. The fourth-order valence-electron chi connectivity index (χ4n) is 7.81. The second-order valence-electron chi connectivity index (χ2n) is 12.8. The Bertz CT molecular complexity index is 2700. The minimum atomic E-state index is -2.91. The summed E-state index contributed by atoms with van der Waals surface area (Å²) in [4.78, 5) is 6.85. The van der Waals surface area contributed by atoms with Crippen molar-refractivity contribution < 1.29 is 25.2 Å². The summed E-state index contributed by atoms with van der Waals surface area (Å²) in [6.07, 6.45) is 1.79. The van der Waals surface area contributed by atoms with E-state index >= 15 is 0 Å². The number of ether oxygens (including phenoxy) is 1. The van der Waals surface area contributed by atoms with Crippen LogP contribution in [0.15, 0.2) is 176 Å². The largest absolute Gasteiger partial charge is 0.503 e. The van der Waals surface area contributed by atoms with Gasteiger partial charge < -0.3 is 14.6 Å². The Morgan fingerprint density at radius 1 is 0.604 bits per heavy atom. The molecule has 0 unspecified atom stereocenters. The Morgan fingerprint density at radius 3 is 2.09 bits per heavy atom. The summed E-state index contributed by atoms with van der Waals surface area (Å²) in [5, 5.41) is 7.94. The van der Waals surface area contributed by atoms with Crippen molar-refractivity contribution >= 4 is 77.4 Å². The summed E-state index contributed by atoms with van der Waals surface area (Å²) in [7, 11) is -2.91. The first kappa shape index (κ1) is 33.2. The van der Waals surface area contributed by atoms with Gasteiger partial charge in [0.2, 0.25) is 0 Å². The number of thiophene rings is 1. The zero-order chi connectivity index (χ0) is 34.5. The molecule has 0 fully saturated rings. The number of hydrogen-bond donors (Lipinski definition) is 0. The molecule has 0 saturated carbocycles. The van der Waals surface area contributed by atoms with Crippen molar-refractivity contribution in [1.29, 1.82) is 0 Å². The SMILES string of the molecule is [Pd].[c-]1c(Oc2[c-]c(N3c4[c-]cccc4[Si](c4ccccc4)(c4ccccc4)c4c3ccc3c4sc4ccccc43)ccc2)cccc1-c1ccccn1. The fraction of sp³-hybridized carbons (Fsp3) is 0. The number of rotatable bonds is 6. The number of para-hydroxylation sites is 1. The number of hydrogen-bond acceptors (Lipinski definition) is 4. The number of benzene rings is 7. The summed E-state index contributed by atoms with van der Waals surface area (Å²) in [5.41, 5.74) is 4.78. The van der Waals surface area contributed by atoms with Gasteiger partial charge in [-0.1, -0.05) is 125 Å². The molecule has 10 rings (SSSR count). The van der Waals surface area contributed by atoms with Gasteiger partial charge >= 0.3 is 0 Å². The summed E-state index contributed by atoms with van der Waals surface area (Å²) >= 11 is 1.90. The molecule has 0 spiro atoms. The van der Waals surface area contributed by atoms with Crippen LogP contribution in [0.25, 0.3) is 31.4 Å². The third-order valence-electron chi connectivity index (χ3n) is 9.94. The molecular formula is C47H29N2OPdSSi-3. The Hall–Kier alpha value is -5.61. The maximum atomic E-state index is 6.47. The zero-order valence-electron chi connectivity index (χ0n) is 28.3. The van der Waals surface area contributed by atoms with Crippen molar-refractivity contribution in [2.24, 2.45) is 0 Å². The van der Waals surface area contributed by atoms with Crippen molar-refractivity contribution in [3.05, 3.63) is 194 Å². The Balaban J connectivity index is 0.00000372. The maximum Gasteiger partial charge on any atom is 0.129 e. The van der Waals surface area contributed by atoms with Crippen LogP contribution < -0.4 is 30.4 Å². The van der Waals surface area contributed by atoms with Crippen LogP contribution in [0.5, 0.6) is 11.5 Å². The zero-order valence-corrected chi connectivity index (χ0v) is 31.6. The van der Waals surface area contributed by atoms with E-state index in [1.54, 1.807) is 6.20 Å². The van der Waals surface area contributed by atoms with E-state index in [1.165, 1.54) is 40.9 Å². The minimum Gasteiger partial charge on any atom is -0.503 e. The molecule has 7 aromatic carbocycles. The van der Waals surface area contributed by atoms with Crippen molar-refractivity contribution in [2.45, 2.75) is 0 Å². The number of fused-ring (bicyclic) bond motifs is 6. The van der Waals surface area contributed by atoms with Gasteiger partial charge in [-0.05, 0) is 29.1 Å². The van der Waals surface area contributed by atoms with E-state index in [4.69, 9.17) is 4.74 Å².